The van der Waals surface area contributed by atoms with Crippen LogP contribution in [0.25, 0.3) is 0 Å². The van der Waals surface area contributed by atoms with E-state index in [-0.39, 0.29) is 18.4 Å². The lowest BCUT2D eigenvalue weighted by atomic mass is 10.1. The Bertz CT molecular complexity index is 562. The summed E-state index contributed by atoms with van der Waals surface area (Å²) in [7, 11) is -3.19. The van der Waals surface area contributed by atoms with Crippen LogP contribution < -0.4 is 10.5 Å². The van der Waals surface area contributed by atoms with E-state index in [9.17, 15) is 8.42 Å². The molecule has 0 aliphatic carbocycles. The zero-order chi connectivity index (χ0) is 15.6. The maximum absolute atomic E-state index is 11.9. The molecule has 0 radical (unpaired) electrons. The molecule has 0 bridgehead atoms. The highest BCUT2D eigenvalue weighted by molar-refractivity contribution is 7.92. The van der Waals surface area contributed by atoms with Crippen LogP contribution >= 0.6 is 11.6 Å². The molecule has 0 heterocycles. The van der Waals surface area contributed by atoms with Crippen LogP contribution in [-0.4, -0.2) is 25.5 Å². The molecule has 1 rings (SSSR count). The SMILES string of the molecule is C[C@H](N)c1ccc(OCCS(=O)(=O)C(C)(C)C)c(Cl)c1. The monoisotopic (exact) mass is 319 g/mol. The molecule has 0 saturated heterocycles. The highest BCUT2D eigenvalue weighted by atomic mass is 35.5. The van der Waals surface area contributed by atoms with Crippen molar-refractivity contribution in [3.63, 3.8) is 0 Å². The summed E-state index contributed by atoms with van der Waals surface area (Å²) in [5.74, 6) is 0.433. The Morgan fingerprint density at radius 1 is 1.35 bits per heavy atom. The predicted molar refractivity (Wildman–Crippen MR) is 83.1 cm³/mol. The molecule has 6 heteroatoms. The largest absolute Gasteiger partial charge is 0.491 e. The van der Waals surface area contributed by atoms with Gasteiger partial charge in [0.25, 0.3) is 0 Å². The van der Waals surface area contributed by atoms with Crippen LogP contribution in [0.3, 0.4) is 0 Å². The summed E-state index contributed by atoms with van der Waals surface area (Å²) in [5.41, 5.74) is 6.67. The van der Waals surface area contributed by atoms with Crippen molar-refractivity contribution >= 4 is 21.4 Å². The second-order valence-electron chi connectivity index (χ2n) is 5.76. The normalized spacial score (nSPS) is 14.1. The van der Waals surface area contributed by atoms with Crippen molar-refractivity contribution in [1.29, 1.82) is 0 Å². The van der Waals surface area contributed by atoms with Gasteiger partial charge < -0.3 is 10.5 Å². The van der Waals surface area contributed by atoms with Gasteiger partial charge in [-0.05, 0) is 45.4 Å². The van der Waals surface area contributed by atoms with Crippen molar-refractivity contribution in [2.24, 2.45) is 5.73 Å². The first-order valence-corrected chi connectivity index (χ1v) is 8.48. The van der Waals surface area contributed by atoms with Gasteiger partial charge in [-0.3, -0.25) is 0 Å². The van der Waals surface area contributed by atoms with Gasteiger partial charge in [-0.1, -0.05) is 17.7 Å². The molecule has 114 valence electrons. The molecule has 0 aliphatic rings. The lowest BCUT2D eigenvalue weighted by Gasteiger charge is -2.19. The molecule has 0 spiro atoms. The maximum atomic E-state index is 11.9. The van der Waals surface area contributed by atoms with Crippen molar-refractivity contribution in [2.75, 3.05) is 12.4 Å². The predicted octanol–water partition coefficient (Wildman–Crippen LogP) is 2.95. The number of hydrogen-bond donors (Lipinski definition) is 1. The molecular weight excluding hydrogens is 298 g/mol. The summed E-state index contributed by atoms with van der Waals surface area (Å²) in [6, 6.07) is 5.16. The molecule has 0 fully saturated rings. The van der Waals surface area contributed by atoms with E-state index in [2.05, 4.69) is 0 Å². The molecule has 20 heavy (non-hydrogen) atoms. The average molecular weight is 320 g/mol. The van der Waals surface area contributed by atoms with Crippen LogP contribution in [0.1, 0.15) is 39.3 Å². The number of rotatable bonds is 5. The Kier molecular flexibility index (Phi) is 5.46. The topological polar surface area (TPSA) is 69.4 Å². The minimum atomic E-state index is -3.19. The van der Waals surface area contributed by atoms with Crippen LogP contribution in [0, 0.1) is 0 Å². The van der Waals surface area contributed by atoms with Gasteiger partial charge in [0.15, 0.2) is 9.84 Å². The van der Waals surface area contributed by atoms with Crippen LogP contribution in [0.5, 0.6) is 5.75 Å². The molecule has 1 aromatic rings. The third-order valence-electron chi connectivity index (χ3n) is 3.02. The van der Waals surface area contributed by atoms with E-state index in [1.807, 2.05) is 13.0 Å². The van der Waals surface area contributed by atoms with Gasteiger partial charge in [-0.25, -0.2) is 8.42 Å². The van der Waals surface area contributed by atoms with Gasteiger partial charge >= 0.3 is 0 Å². The fourth-order valence-electron chi connectivity index (χ4n) is 1.48. The number of halogens is 1. The minimum Gasteiger partial charge on any atom is -0.491 e. The first-order valence-electron chi connectivity index (χ1n) is 6.45. The molecule has 0 aromatic heterocycles. The number of hydrogen-bond acceptors (Lipinski definition) is 4. The molecule has 2 N–H and O–H groups in total. The van der Waals surface area contributed by atoms with E-state index >= 15 is 0 Å². The Morgan fingerprint density at radius 3 is 2.40 bits per heavy atom. The van der Waals surface area contributed by atoms with Gasteiger partial charge in [0, 0.05) is 6.04 Å². The molecule has 0 amide bonds. The van der Waals surface area contributed by atoms with E-state index in [4.69, 9.17) is 22.1 Å². The first kappa shape index (κ1) is 17.3. The summed E-state index contributed by atoms with van der Waals surface area (Å²) >= 11 is 6.08. The zero-order valence-electron chi connectivity index (χ0n) is 12.3. The van der Waals surface area contributed by atoms with E-state index in [1.165, 1.54) is 0 Å². The summed E-state index contributed by atoms with van der Waals surface area (Å²) in [4.78, 5) is 0. The van der Waals surface area contributed by atoms with Crippen LogP contribution in [-0.2, 0) is 9.84 Å². The van der Waals surface area contributed by atoms with Gasteiger partial charge in [0.1, 0.15) is 12.4 Å². The molecular formula is C14H22ClNO3S. The number of sulfone groups is 1. The van der Waals surface area contributed by atoms with E-state index in [1.54, 1.807) is 32.9 Å². The maximum Gasteiger partial charge on any atom is 0.158 e. The molecule has 1 aromatic carbocycles. The van der Waals surface area contributed by atoms with Gasteiger partial charge in [-0.15, -0.1) is 0 Å². The van der Waals surface area contributed by atoms with E-state index in [0.717, 1.165) is 5.56 Å². The lowest BCUT2D eigenvalue weighted by molar-refractivity contribution is 0.340. The Balaban J connectivity index is 2.68. The second kappa shape index (κ2) is 6.33. The standard InChI is InChI=1S/C14H22ClNO3S/c1-10(16)11-5-6-13(12(15)9-11)19-7-8-20(17,18)14(2,3)4/h5-6,9-10H,7-8,16H2,1-4H3/t10-/m0/s1. The molecule has 4 nitrogen and oxygen atoms in total. The number of ether oxygens (including phenoxy) is 1. The van der Waals surface area contributed by atoms with Crippen molar-refractivity contribution in [3.8, 4) is 5.75 Å². The van der Waals surface area contributed by atoms with Crippen molar-refractivity contribution in [3.05, 3.63) is 28.8 Å². The fourth-order valence-corrected chi connectivity index (χ4v) is 2.64. The summed E-state index contributed by atoms with van der Waals surface area (Å²) in [6.07, 6.45) is 0. The molecule has 1 atom stereocenters. The molecule has 0 unspecified atom stereocenters. The van der Waals surface area contributed by atoms with Crippen molar-refractivity contribution < 1.29 is 13.2 Å². The van der Waals surface area contributed by atoms with Gasteiger partial charge in [0.2, 0.25) is 0 Å². The first-order chi connectivity index (χ1) is 9.04. The summed E-state index contributed by atoms with van der Waals surface area (Å²) < 4.78 is 28.6. The Hall–Kier alpha value is -0.780. The Morgan fingerprint density at radius 2 is 1.95 bits per heavy atom. The highest BCUT2D eigenvalue weighted by Crippen LogP contribution is 2.27. The van der Waals surface area contributed by atoms with Crippen LogP contribution in [0.15, 0.2) is 18.2 Å². The molecule has 0 aliphatic heterocycles. The summed E-state index contributed by atoms with van der Waals surface area (Å²) in [6.45, 7) is 6.96. The highest BCUT2D eigenvalue weighted by Gasteiger charge is 2.28. The van der Waals surface area contributed by atoms with Crippen LogP contribution in [0.4, 0.5) is 0 Å². The zero-order valence-corrected chi connectivity index (χ0v) is 13.9. The minimum absolute atomic E-state index is 0.0398. The van der Waals surface area contributed by atoms with Gasteiger partial charge in [-0.2, -0.15) is 0 Å². The quantitative estimate of drug-likeness (QED) is 0.906. The lowest BCUT2D eigenvalue weighted by Crippen LogP contribution is -2.32. The number of nitrogens with two attached hydrogens (primary N) is 1. The summed E-state index contributed by atoms with van der Waals surface area (Å²) in [5, 5.41) is 0.438. The second-order valence-corrected chi connectivity index (χ2v) is 9.03. The smallest absolute Gasteiger partial charge is 0.158 e. The van der Waals surface area contributed by atoms with Crippen LogP contribution in [0.2, 0.25) is 5.02 Å². The number of benzene rings is 1. The van der Waals surface area contributed by atoms with Crippen molar-refractivity contribution in [2.45, 2.75) is 38.5 Å². The third kappa shape index (κ3) is 4.36. The van der Waals surface area contributed by atoms with Crippen molar-refractivity contribution in [1.82, 2.24) is 0 Å². The van der Waals surface area contributed by atoms with E-state index < -0.39 is 14.6 Å². The Labute approximate surface area is 126 Å². The molecule has 0 saturated carbocycles. The van der Waals surface area contributed by atoms with E-state index in [0.29, 0.717) is 10.8 Å². The fraction of sp³-hybridized carbons (Fsp3) is 0.571. The third-order valence-corrected chi connectivity index (χ3v) is 5.89. The average Bonchev–Trinajstić information content (AvgIpc) is 2.29. The van der Waals surface area contributed by atoms with Gasteiger partial charge in [0.05, 0.1) is 15.5 Å².